The van der Waals surface area contributed by atoms with Crippen molar-refractivity contribution in [1.29, 1.82) is 0 Å². The Morgan fingerprint density at radius 1 is 1.22 bits per heavy atom. The van der Waals surface area contributed by atoms with Crippen LogP contribution in [0, 0.1) is 0 Å². The van der Waals surface area contributed by atoms with Crippen molar-refractivity contribution in [3.05, 3.63) is 42.2 Å². The van der Waals surface area contributed by atoms with Gasteiger partial charge in [0.1, 0.15) is 11.4 Å². The average Bonchev–Trinajstić information content (AvgIpc) is 2.30. The van der Waals surface area contributed by atoms with Crippen LogP contribution in [0.1, 0.15) is 6.92 Å². The molecule has 0 unspecified atom stereocenters. The van der Waals surface area contributed by atoms with Crippen molar-refractivity contribution in [3.8, 4) is 5.75 Å². The van der Waals surface area contributed by atoms with E-state index in [1.54, 1.807) is 6.07 Å². The number of rotatable bonds is 2. The molecule has 18 heavy (non-hydrogen) atoms. The maximum Gasteiger partial charge on any atom is 0.143 e. The summed E-state index contributed by atoms with van der Waals surface area (Å²) < 4.78 is 0. The van der Waals surface area contributed by atoms with Gasteiger partial charge in [0.2, 0.25) is 0 Å². The molecule has 0 atom stereocenters. The first-order valence-corrected chi connectivity index (χ1v) is 5.88. The molecule has 2 rings (SSSR count). The van der Waals surface area contributed by atoms with E-state index in [0.717, 1.165) is 11.4 Å². The van der Waals surface area contributed by atoms with E-state index < -0.39 is 0 Å². The standard InChI is InChI=1S/C14H19N3O/c1-11-7-8-17(16(4)10-11)13-6-5-12(15(2)3)9-14(13)18/h5-10,18H,1-4H3. The zero-order valence-electron chi connectivity index (χ0n) is 11.3. The van der Waals surface area contributed by atoms with E-state index in [-0.39, 0.29) is 5.75 Å². The van der Waals surface area contributed by atoms with Crippen LogP contribution in [-0.2, 0) is 0 Å². The minimum absolute atomic E-state index is 0.269. The molecule has 0 spiro atoms. The van der Waals surface area contributed by atoms with Crippen molar-refractivity contribution >= 4 is 11.4 Å². The molecule has 1 aromatic carbocycles. The lowest BCUT2D eigenvalue weighted by Gasteiger charge is -2.33. The number of phenols is 1. The number of allylic oxidation sites excluding steroid dienone is 2. The normalized spacial score (nSPS) is 14.8. The number of phenolic OH excluding ortho intramolecular Hbond substituents is 1. The quantitative estimate of drug-likeness (QED) is 0.867. The van der Waals surface area contributed by atoms with Crippen LogP contribution >= 0.6 is 0 Å². The molecule has 1 heterocycles. The summed E-state index contributed by atoms with van der Waals surface area (Å²) in [6.07, 6.45) is 5.97. The predicted octanol–water partition coefficient (Wildman–Crippen LogP) is 2.54. The molecule has 0 amide bonds. The lowest BCUT2D eigenvalue weighted by Crippen LogP contribution is -2.33. The van der Waals surface area contributed by atoms with Crippen LogP contribution in [0.4, 0.5) is 11.4 Å². The van der Waals surface area contributed by atoms with E-state index in [4.69, 9.17) is 0 Å². The Morgan fingerprint density at radius 2 is 1.94 bits per heavy atom. The summed E-state index contributed by atoms with van der Waals surface area (Å²) in [4.78, 5) is 1.96. The number of benzene rings is 1. The average molecular weight is 245 g/mol. The lowest BCUT2D eigenvalue weighted by atomic mass is 10.2. The fourth-order valence-electron chi connectivity index (χ4n) is 1.93. The van der Waals surface area contributed by atoms with E-state index in [1.165, 1.54) is 5.57 Å². The molecule has 0 bridgehead atoms. The molecule has 96 valence electrons. The molecule has 0 aliphatic carbocycles. The summed E-state index contributed by atoms with van der Waals surface area (Å²) in [5, 5.41) is 14.0. The second-order valence-electron chi connectivity index (χ2n) is 4.67. The lowest BCUT2D eigenvalue weighted by molar-refractivity contribution is 0.430. The number of hydrazine groups is 1. The van der Waals surface area contributed by atoms with E-state index in [1.807, 2.05) is 73.6 Å². The van der Waals surface area contributed by atoms with Crippen LogP contribution in [0.15, 0.2) is 42.2 Å². The molecule has 1 aliphatic heterocycles. The van der Waals surface area contributed by atoms with E-state index in [9.17, 15) is 5.11 Å². The Hall–Kier alpha value is -2.10. The van der Waals surface area contributed by atoms with Crippen molar-refractivity contribution in [3.63, 3.8) is 0 Å². The maximum atomic E-state index is 10.1. The monoisotopic (exact) mass is 245 g/mol. The van der Waals surface area contributed by atoms with Gasteiger partial charge in [-0.2, -0.15) is 0 Å². The van der Waals surface area contributed by atoms with E-state index in [2.05, 4.69) is 0 Å². The zero-order chi connectivity index (χ0) is 13.3. The Balaban J connectivity index is 2.33. The van der Waals surface area contributed by atoms with Gasteiger partial charge in [-0.1, -0.05) is 0 Å². The molecule has 1 N–H and O–H groups in total. The molecule has 0 aromatic heterocycles. The number of aromatic hydroxyl groups is 1. The predicted molar refractivity (Wildman–Crippen MR) is 75.6 cm³/mol. The van der Waals surface area contributed by atoms with Gasteiger partial charge >= 0.3 is 0 Å². The molecule has 0 saturated heterocycles. The van der Waals surface area contributed by atoms with Crippen LogP contribution in [-0.4, -0.2) is 31.3 Å². The smallest absolute Gasteiger partial charge is 0.143 e. The first-order valence-electron chi connectivity index (χ1n) is 5.88. The largest absolute Gasteiger partial charge is 0.506 e. The first-order chi connectivity index (χ1) is 8.49. The molecule has 0 saturated carbocycles. The van der Waals surface area contributed by atoms with Gasteiger partial charge in [0.05, 0.1) is 0 Å². The van der Waals surface area contributed by atoms with Gasteiger partial charge in [0.25, 0.3) is 0 Å². The van der Waals surface area contributed by atoms with Crippen molar-refractivity contribution in [2.24, 2.45) is 0 Å². The van der Waals surface area contributed by atoms with Crippen LogP contribution in [0.25, 0.3) is 0 Å². The summed E-state index contributed by atoms with van der Waals surface area (Å²) in [7, 11) is 5.85. The fraction of sp³-hybridized carbons (Fsp3) is 0.286. The van der Waals surface area contributed by atoms with Gasteiger partial charge in [0.15, 0.2) is 0 Å². The molecule has 4 nitrogen and oxygen atoms in total. The highest BCUT2D eigenvalue weighted by molar-refractivity contribution is 5.66. The van der Waals surface area contributed by atoms with Gasteiger partial charge in [-0.15, -0.1) is 0 Å². The topological polar surface area (TPSA) is 30.0 Å². The SMILES string of the molecule is CC1=CN(C)N(c2ccc(N(C)C)cc2O)C=C1. The number of hydrogen-bond acceptors (Lipinski definition) is 4. The van der Waals surface area contributed by atoms with Crippen molar-refractivity contribution in [1.82, 2.24) is 5.01 Å². The highest BCUT2D eigenvalue weighted by Gasteiger charge is 2.14. The van der Waals surface area contributed by atoms with Gasteiger partial charge in [-0.05, 0) is 30.7 Å². The first kappa shape index (κ1) is 12.4. The minimum Gasteiger partial charge on any atom is -0.506 e. The van der Waals surface area contributed by atoms with Crippen molar-refractivity contribution in [2.45, 2.75) is 6.92 Å². The zero-order valence-corrected chi connectivity index (χ0v) is 11.3. The number of hydrogen-bond donors (Lipinski definition) is 1. The molecule has 4 heteroatoms. The summed E-state index contributed by atoms with van der Waals surface area (Å²) in [5.41, 5.74) is 2.92. The number of anilines is 2. The van der Waals surface area contributed by atoms with Crippen LogP contribution in [0.5, 0.6) is 5.75 Å². The highest BCUT2D eigenvalue weighted by Crippen LogP contribution is 2.33. The van der Waals surface area contributed by atoms with Crippen molar-refractivity contribution in [2.75, 3.05) is 31.1 Å². The third kappa shape index (κ3) is 2.27. The van der Waals surface area contributed by atoms with E-state index in [0.29, 0.717) is 0 Å². The van der Waals surface area contributed by atoms with Gasteiger partial charge in [-0.25, -0.2) is 0 Å². The van der Waals surface area contributed by atoms with Crippen molar-refractivity contribution < 1.29 is 5.11 Å². The van der Waals surface area contributed by atoms with Crippen LogP contribution in [0.2, 0.25) is 0 Å². The second-order valence-corrected chi connectivity index (χ2v) is 4.67. The molecule has 0 fully saturated rings. The minimum atomic E-state index is 0.269. The summed E-state index contributed by atoms with van der Waals surface area (Å²) >= 11 is 0. The van der Waals surface area contributed by atoms with E-state index >= 15 is 0 Å². The van der Waals surface area contributed by atoms with Gasteiger partial charge in [-0.3, -0.25) is 10.0 Å². The van der Waals surface area contributed by atoms with Crippen LogP contribution in [0.3, 0.4) is 0 Å². The Bertz CT molecular complexity index is 506. The summed E-state index contributed by atoms with van der Waals surface area (Å²) in [5.74, 6) is 0.269. The summed E-state index contributed by atoms with van der Waals surface area (Å²) in [6, 6.07) is 5.67. The maximum absolute atomic E-state index is 10.1. The molecular formula is C14H19N3O. The molecule has 0 radical (unpaired) electrons. The Kier molecular flexibility index (Phi) is 3.19. The molecular weight excluding hydrogens is 226 g/mol. The van der Waals surface area contributed by atoms with Gasteiger partial charge < -0.3 is 10.0 Å². The fourth-order valence-corrected chi connectivity index (χ4v) is 1.93. The third-order valence-corrected chi connectivity index (χ3v) is 2.93. The van der Waals surface area contributed by atoms with Gasteiger partial charge in [0, 0.05) is 45.3 Å². The Morgan fingerprint density at radius 3 is 2.50 bits per heavy atom. The third-order valence-electron chi connectivity index (χ3n) is 2.93. The molecule has 1 aromatic rings. The highest BCUT2D eigenvalue weighted by atomic mass is 16.3. The molecule has 1 aliphatic rings. The second kappa shape index (κ2) is 4.64. The number of nitrogens with zero attached hydrogens (tertiary/aromatic N) is 3. The van der Waals surface area contributed by atoms with Crippen LogP contribution < -0.4 is 9.91 Å². The summed E-state index contributed by atoms with van der Waals surface area (Å²) in [6.45, 7) is 2.04. The Labute approximate surface area is 108 Å².